The molecule has 0 spiro atoms. The number of unbranched alkanes of at least 4 members (excludes halogenated alkanes) is 6. The molecule has 0 bridgehead atoms. The fourth-order valence-electron chi connectivity index (χ4n) is 3.23. The molecular formula is C26H54O7. The van der Waals surface area contributed by atoms with Crippen molar-refractivity contribution in [3.8, 4) is 0 Å². The number of aliphatic hydroxyl groups excluding tert-OH is 3. The van der Waals surface area contributed by atoms with E-state index in [-0.39, 0.29) is 31.5 Å². The van der Waals surface area contributed by atoms with Gasteiger partial charge in [0.2, 0.25) is 0 Å². The molecule has 0 aromatic carbocycles. The maximum absolute atomic E-state index is 10.1. The Labute approximate surface area is 202 Å². The molecule has 3 unspecified atom stereocenters. The minimum Gasteiger partial charge on any atom is -0.481 e. The first kappa shape index (κ1) is 36.4. The van der Waals surface area contributed by atoms with Gasteiger partial charge in [-0.25, -0.2) is 0 Å². The number of hydrogen-bond acceptors (Lipinski definition) is 5. The summed E-state index contributed by atoms with van der Waals surface area (Å²) in [6.07, 6.45) is 13.0. The monoisotopic (exact) mass is 478 g/mol. The fourth-order valence-corrected chi connectivity index (χ4v) is 3.23. The highest BCUT2D eigenvalue weighted by atomic mass is 16.4. The molecule has 7 heteroatoms. The lowest BCUT2D eigenvalue weighted by molar-refractivity contribution is -0.138. The number of rotatable bonds is 19. The van der Waals surface area contributed by atoms with E-state index in [0.29, 0.717) is 12.5 Å². The lowest BCUT2D eigenvalue weighted by Gasteiger charge is -2.17. The van der Waals surface area contributed by atoms with Crippen molar-refractivity contribution in [1.29, 1.82) is 0 Å². The van der Waals surface area contributed by atoms with Crippen molar-refractivity contribution in [3.63, 3.8) is 0 Å². The second kappa shape index (κ2) is 28.9. The van der Waals surface area contributed by atoms with Gasteiger partial charge in [-0.2, -0.15) is 0 Å². The van der Waals surface area contributed by atoms with E-state index >= 15 is 0 Å². The smallest absolute Gasteiger partial charge is 0.303 e. The molecule has 0 rings (SSSR count). The summed E-state index contributed by atoms with van der Waals surface area (Å²) in [7, 11) is 0. The van der Waals surface area contributed by atoms with E-state index in [9.17, 15) is 14.7 Å². The molecule has 0 aromatic rings. The number of aliphatic carboxylic acids is 2. The van der Waals surface area contributed by atoms with Crippen LogP contribution in [0.1, 0.15) is 124 Å². The molecule has 5 N–H and O–H groups in total. The molecule has 0 aliphatic heterocycles. The van der Waals surface area contributed by atoms with Crippen LogP contribution >= 0.6 is 0 Å². The minimum absolute atomic E-state index is 0.0833. The number of carboxylic acids is 2. The van der Waals surface area contributed by atoms with Crippen LogP contribution in [0.25, 0.3) is 0 Å². The molecule has 0 aliphatic carbocycles. The van der Waals surface area contributed by atoms with Crippen LogP contribution in [0.5, 0.6) is 0 Å². The number of carbonyl (C=O) groups is 2. The maximum Gasteiger partial charge on any atom is 0.303 e. The van der Waals surface area contributed by atoms with Crippen molar-refractivity contribution < 1.29 is 35.1 Å². The van der Waals surface area contributed by atoms with Gasteiger partial charge >= 0.3 is 11.9 Å². The first-order valence-corrected chi connectivity index (χ1v) is 13.1. The SMILES string of the molecule is CCCC(O)C(CC)CO.CCCCC(CC)CO.O=C(O)CCCCCCCCC(=O)O. The van der Waals surface area contributed by atoms with E-state index < -0.39 is 11.9 Å². The summed E-state index contributed by atoms with van der Waals surface area (Å²) >= 11 is 0. The lowest BCUT2D eigenvalue weighted by Crippen LogP contribution is -2.22. The van der Waals surface area contributed by atoms with Gasteiger partial charge in [0.05, 0.1) is 6.10 Å². The summed E-state index contributed by atoms with van der Waals surface area (Å²) in [6.45, 7) is 8.82. The Kier molecular flexibility index (Phi) is 31.8. The molecule has 0 aliphatic rings. The Morgan fingerprint density at radius 1 is 0.636 bits per heavy atom. The molecule has 0 radical (unpaired) electrons. The zero-order chi connectivity index (χ0) is 25.9. The lowest BCUT2D eigenvalue weighted by atomic mass is 9.97. The maximum atomic E-state index is 10.1. The third-order valence-electron chi connectivity index (χ3n) is 5.72. The Hall–Kier alpha value is -1.18. The molecule has 7 nitrogen and oxygen atoms in total. The second-order valence-corrected chi connectivity index (χ2v) is 8.71. The molecule has 3 atom stereocenters. The largest absolute Gasteiger partial charge is 0.481 e. The number of carboxylic acid groups (broad SMARTS) is 2. The van der Waals surface area contributed by atoms with Gasteiger partial charge in [0.25, 0.3) is 0 Å². The molecule has 0 aromatic heterocycles. The molecular weight excluding hydrogens is 424 g/mol. The standard InChI is InChI=1S/C10H18O4.C8H18O2.C8H18O/c11-9(12)7-5-3-1-2-4-6-8-10(13)14;1-3-5-8(10)7(4-2)6-9;1-3-5-6-8(4-2)7-9/h1-8H2,(H,11,12)(H,13,14);7-10H,3-6H2,1-2H3;8-9H,3-7H2,1-2H3. The Balaban J connectivity index is -0.000000423. The summed E-state index contributed by atoms with van der Waals surface area (Å²) in [4.78, 5) is 20.3. The van der Waals surface area contributed by atoms with Gasteiger partial charge in [0.15, 0.2) is 0 Å². The molecule has 0 fully saturated rings. The van der Waals surface area contributed by atoms with E-state index in [4.69, 9.17) is 20.4 Å². The van der Waals surface area contributed by atoms with Gasteiger partial charge in [-0.05, 0) is 38.0 Å². The van der Waals surface area contributed by atoms with Crippen LogP contribution in [0.2, 0.25) is 0 Å². The van der Waals surface area contributed by atoms with Gasteiger partial charge in [0.1, 0.15) is 0 Å². The summed E-state index contributed by atoms with van der Waals surface area (Å²) in [6, 6.07) is 0. The van der Waals surface area contributed by atoms with Crippen molar-refractivity contribution in [2.24, 2.45) is 11.8 Å². The van der Waals surface area contributed by atoms with Crippen molar-refractivity contribution in [1.82, 2.24) is 0 Å². The zero-order valence-electron chi connectivity index (χ0n) is 21.8. The molecule has 200 valence electrons. The Morgan fingerprint density at radius 2 is 1.12 bits per heavy atom. The molecule has 0 amide bonds. The van der Waals surface area contributed by atoms with Crippen molar-refractivity contribution in [2.45, 2.75) is 130 Å². The van der Waals surface area contributed by atoms with E-state index in [1.165, 1.54) is 19.3 Å². The van der Waals surface area contributed by atoms with Crippen molar-refractivity contribution >= 4 is 11.9 Å². The third-order valence-corrected chi connectivity index (χ3v) is 5.72. The zero-order valence-corrected chi connectivity index (χ0v) is 21.8. The molecule has 0 saturated heterocycles. The normalized spacial score (nSPS) is 13.1. The highest BCUT2D eigenvalue weighted by Gasteiger charge is 2.14. The van der Waals surface area contributed by atoms with Crippen LogP contribution in [-0.2, 0) is 9.59 Å². The molecule has 0 heterocycles. The number of hydrogen-bond donors (Lipinski definition) is 5. The average molecular weight is 479 g/mol. The first-order valence-electron chi connectivity index (χ1n) is 13.1. The molecule has 33 heavy (non-hydrogen) atoms. The van der Waals surface area contributed by atoms with E-state index in [1.807, 2.05) is 13.8 Å². The van der Waals surface area contributed by atoms with Gasteiger partial charge in [0, 0.05) is 32.0 Å². The summed E-state index contributed by atoms with van der Waals surface area (Å²) in [5.41, 5.74) is 0. The van der Waals surface area contributed by atoms with E-state index in [0.717, 1.165) is 64.2 Å². The summed E-state index contributed by atoms with van der Waals surface area (Å²) in [5, 5.41) is 43.6. The topological polar surface area (TPSA) is 135 Å². The second-order valence-electron chi connectivity index (χ2n) is 8.71. The minimum atomic E-state index is -0.740. The van der Waals surface area contributed by atoms with Gasteiger partial charge in [-0.1, -0.05) is 79.1 Å². The van der Waals surface area contributed by atoms with E-state index in [1.54, 1.807) is 0 Å². The van der Waals surface area contributed by atoms with Crippen LogP contribution in [-0.4, -0.2) is 56.8 Å². The highest BCUT2D eigenvalue weighted by Crippen LogP contribution is 2.12. The van der Waals surface area contributed by atoms with Crippen LogP contribution in [0, 0.1) is 11.8 Å². The summed E-state index contributed by atoms with van der Waals surface area (Å²) in [5.74, 6) is -0.836. The van der Waals surface area contributed by atoms with Gasteiger partial charge in [-0.3, -0.25) is 9.59 Å². The van der Waals surface area contributed by atoms with Crippen LogP contribution < -0.4 is 0 Å². The highest BCUT2D eigenvalue weighted by molar-refractivity contribution is 5.66. The first-order chi connectivity index (χ1) is 15.7. The van der Waals surface area contributed by atoms with Crippen LogP contribution in [0.4, 0.5) is 0 Å². The summed E-state index contributed by atoms with van der Waals surface area (Å²) < 4.78 is 0. The predicted molar refractivity (Wildman–Crippen MR) is 134 cm³/mol. The predicted octanol–water partition coefficient (Wildman–Crippen LogP) is 5.64. The molecule has 0 saturated carbocycles. The Morgan fingerprint density at radius 3 is 1.42 bits per heavy atom. The van der Waals surface area contributed by atoms with Crippen molar-refractivity contribution in [3.05, 3.63) is 0 Å². The van der Waals surface area contributed by atoms with Gasteiger partial charge in [-0.15, -0.1) is 0 Å². The van der Waals surface area contributed by atoms with E-state index in [2.05, 4.69) is 13.8 Å². The number of aliphatic hydroxyl groups is 3. The Bertz CT molecular complexity index is 387. The average Bonchev–Trinajstić information content (AvgIpc) is 2.78. The quantitative estimate of drug-likeness (QED) is 0.152. The van der Waals surface area contributed by atoms with Gasteiger partial charge < -0.3 is 25.5 Å². The third kappa shape index (κ3) is 30.8. The van der Waals surface area contributed by atoms with Crippen molar-refractivity contribution in [2.75, 3.05) is 13.2 Å². The fraction of sp³-hybridized carbons (Fsp3) is 0.923. The van der Waals surface area contributed by atoms with Crippen LogP contribution in [0.3, 0.4) is 0 Å². The van der Waals surface area contributed by atoms with Crippen LogP contribution in [0.15, 0.2) is 0 Å².